The van der Waals surface area contributed by atoms with Crippen LogP contribution in [0.2, 0.25) is 0 Å². The third-order valence-corrected chi connectivity index (χ3v) is 2.27. The van der Waals surface area contributed by atoms with E-state index in [-0.39, 0.29) is 18.0 Å². The number of anilines is 1. The Bertz CT molecular complexity index is 419. The molecule has 0 aliphatic carbocycles. The van der Waals surface area contributed by atoms with Crippen molar-refractivity contribution in [2.24, 2.45) is 0 Å². The van der Waals surface area contributed by atoms with E-state index in [0.29, 0.717) is 12.5 Å². The molecule has 1 rings (SSSR count). The maximum Gasteiger partial charge on any atom is 0.338 e. The first-order valence-corrected chi connectivity index (χ1v) is 5.59. The van der Waals surface area contributed by atoms with Gasteiger partial charge in [-0.15, -0.1) is 0 Å². The number of amides is 1. The third kappa shape index (κ3) is 3.69. The van der Waals surface area contributed by atoms with Gasteiger partial charge in [0.05, 0.1) is 12.1 Å². The molecule has 7 nitrogen and oxygen atoms in total. The first kappa shape index (κ1) is 13.9. The smallest absolute Gasteiger partial charge is 0.338 e. The molecular weight excluding hydrogens is 236 g/mol. The highest BCUT2D eigenvalue weighted by Gasteiger charge is 2.13. The van der Waals surface area contributed by atoms with Crippen molar-refractivity contribution in [2.75, 3.05) is 25.0 Å². The number of carbonyl (C=O) groups excluding carboxylic acids is 1. The van der Waals surface area contributed by atoms with Crippen LogP contribution in [0.4, 0.5) is 5.95 Å². The number of nitrogens with one attached hydrogen (secondary N) is 1. The van der Waals surface area contributed by atoms with E-state index in [9.17, 15) is 9.59 Å². The number of hydrogen-bond acceptors (Lipinski definition) is 5. The normalized spacial score (nSPS) is 9.89. The summed E-state index contributed by atoms with van der Waals surface area (Å²) in [6.45, 7) is 2.75. The van der Waals surface area contributed by atoms with Gasteiger partial charge in [0.15, 0.2) is 0 Å². The van der Waals surface area contributed by atoms with Gasteiger partial charge in [0.2, 0.25) is 11.9 Å². The Morgan fingerprint density at radius 1 is 1.39 bits per heavy atom. The van der Waals surface area contributed by atoms with E-state index in [2.05, 4.69) is 15.3 Å². The molecule has 1 aromatic rings. The van der Waals surface area contributed by atoms with Gasteiger partial charge in [-0.05, 0) is 6.42 Å². The van der Waals surface area contributed by atoms with Crippen LogP contribution < -0.4 is 10.2 Å². The molecule has 0 aromatic carbocycles. The molecule has 0 aliphatic heterocycles. The van der Waals surface area contributed by atoms with Gasteiger partial charge in [-0.3, -0.25) is 4.79 Å². The predicted molar refractivity (Wildman–Crippen MR) is 65.6 cm³/mol. The van der Waals surface area contributed by atoms with Crippen molar-refractivity contribution < 1.29 is 14.7 Å². The second kappa shape index (κ2) is 6.53. The van der Waals surface area contributed by atoms with E-state index >= 15 is 0 Å². The zero-order valence-electron chi connectivity index (χ0n) is 10.4. The minimum Gasteiger partial charge on any atom is -0.478 e. The van der Waals surface area contributed by atoms with Crippen LogP contribution in [0, 0.1) is 0 Å². The molecule has 0 saturated carbocycles. The standard InChI is InChI=1S/C11H16N4O3/c1-3-4-15(7-9(16)12-2)11-13-5-8(6-14-11)10(17)18/h5-6H,3-4,7H2,1-2H3,(H,12,16)(H,17,18). The summed E-state index contributed by atoms with van der Waals surface area (Å²) >= 11 is 0. The first-order chi connectivity index (χ1) is 8.58. The Morgan fingerprint density at radius 3 is 2.44 bits per heavy atom. The Hall–Kier alpha value is -2.18. The van der Waals surface area contributed by atoms with E-state index in [0.717, 1.165) is 6.42 Å². The first-order valence-electron chi connectivity index (χ1n) is 5.59. The van der Waals surface area contributed by atoms with Crippen molar-refractivity contribution in [1.29, 1.82) is 0 Å². The summed E-state index contributed by atoms with van der Waals surface area (Å²) in [6, 6.07) is 0. The summed E-state index contributed by atoms with van der Waals surface area (Å²) in [6.07, 6.45) is 3.30. The molecule has 0 saturated heterocycles. The number of carboxylic acid groups (broad SMARTS) is 1. The maximum absolute atomic E-state index is 11.3. The van der Waals surface area contributed by atoms with Crippen LogP contribution in [0.1, 0.15) is 23.7 Å². The average Bonchev–Trinajstić information content (AvgIpc) is 2.38. The van der Waals surface area contributed by atoms with Gasteiger partial charge in [0, 0.05) is 26.0 Å². The summed E-state index contributed by atoms with van der Waals surface area (Å²) in [7, 11) is 1.56. The second-order valence-corrected chi connectivity index (χ2v) is 3.67. The number of carbonyl (C=O) groups is 2. The minimum atomic E-state index is -1.07. The number of carboxylic acids is 1. The van der Waals surface area contributed by atoms with E-state index in [1.807, 2.05) is 6.92 Å². The molecule has 0 bridgehead atoms. The van der Waals surface area contributed by atoms with Crippen LogP contribution in [0.25, 0.3) is 0 Å². The van der Waals surface area contributed by atoms with E-state index in [4.69, 9.17) is 5.11 Å². The van der Waals surface area contributed by atoms with Crippen molar-refractivity contribution >= 4 is 17.8 Å². The fourth-order valence-electron chi connectivity index (χ4n) is 1.37. The number of aromatic carboxylic acids is 1. The Balaban J connectivity index is 2.84. The minimum absolute atomic E-state index is 0.0233. The lowest BCUT2D eigenvalue weighted by Crippen LogP contribution is -2.37. The average molecular weight is 252 g/mol. The van der Waals surface area contributed by atoms with Crippen LogP contribution in [0.5, 0.6) is 0 Å². The van der Waals surface area contributed by atoms with Gasteiger partial charge in [0.25, 0.3) is 0 Å². The van der Waals surface area contributed by atoms with Crippen molar-refractivity contribution in [3.63, 3.8) is 0 Å². The topological polar surface area (TPSA) is 95.4 Å². The number of rotatable bonds is 6. The number of nitrogens with zero attached hydrogens (tertiary/aromatic N) is 3. The fourth-order valence-corrected chi connectivity index (χ4v) is 1.37. The third-order valence-electron chi connectivity index (χ3n) is 2.27. The Morgan fingerprint density at radius 2 is 2.00 bits per heavy atom. The Kier molecular flexibility index (Phi) is 5.04. The molecule has 0 unspecified atom stereocenters. The SMILES string of the molecule is CCCN(CC(=O)NC)c1ncc(C(=O)O)cn1. The summed E-state index contributed by atoms with van der Waals surface area (Å²) in [4.78, 5) is 31.6. The second-order valence-electron chi connectivity index (χ2n) is 3.67. The maximum atomic E-state index is 11.3. The molecule has 18 heavy (non-hydrogen) atoms. The Labute approximate surface area is 105 Å². The van der Waals surface area contributed by atoms with Crippen LogP contribution in [0.3, 0.4) is 0 Å². The molecule has 0 spiro atoms. The molecule has 1 amide bonds. The zero-order valence-corrected chi connectivity index (χ0v) is 10.4. The van der Waals surface area contributed by atoms with Gasteiger partial charge < -0.3 is 15.3 Å². The molecule has 1 aromatic heterocycles. The number of hydrogen-bond donors (Lipinski definition) is 2. The van der Waals surface area contributed by atoms with Gasteiger partial charge in [-0.2, -0.15) is 0 Å². The van der Waals surface area contributed by atoms with Crippen LogP contribution in [-0.2, 0) is 4.79 Å². The van der Waals surface area contributed by atoms with E-state index in [1.54, 1.807) is 11.9 Å². The van der Waals surface area contributed by atoms with Crippen LogP contribution in [-0.4, -0.2) is 47.1 Å². The molecule has 1 heterocycles. The van der Waals surface area contributed by atoms with Crippen LogP contribution in [0.15, 0.2) is 12.4 Å². The van der Waals surface area contributed by atoms with Gasteiger partial charge in [-0.25, -0.2) is 14.8 Å². The summed E-state index contributed by atoms with van der Waals surface area (Å²) < 4.78 is 0. The lowest BCUT2D eigenvalue weighted by atomic mass is 10.3. The molecular formula is C11H16N4O3. The van der Waals surface area contributed by atoms with Gasteiger partial charge >= 0.3 is 5.97 Å². The van der Waals surface area contributed by atoms with Crippen molar-refractivity contribution in [3.8, 4) is 0 Å². The monoisotopic (exact) mass is 252 g/mol. The van der Waals surface area contributed by atoms with Crippen molar-refractivity contribution in [1.82, 2.24) is 15.3 Å². The van der Waals surface area contributed by atoms with E-state index in [1.165, 1.54) is 12.4 Å². The van der Waals surface area contributed by atoms with Crippen molar-refractivity contribution in [3.05, 3.63) is 18.0 Å². The number of likely N-dealkylation sites (N-methyl/N-ethyl adjacent to an activating group) is 1. The molecule has 0 aliphatic rings. The molecule has 2 N–H and O–H groups in total. The molecule has 0 radical (unpaired) electrons. The van der Waals surface area contributed by atoms with Crippen molar-refractivity contribution in [2.45, 2.75) is 13.3 Å². The lowest BCUT2D eigenvalue weighted by molar-refractivity contribution is -0.119. The number of aromatic nitrogens is 2. The molecule has 98 valence electrons. The van der Waals surface area contributed by atoms with Crippen LogP contribution >= 0.6 is 0 Å². The highest BCUT2D eigenvalue weighted by molar-refractivity contribution is 5.87. The predicted octanol–water partition coefficient (Wildman–Crippen LogP) is 0.137. The fraction of sp³-hybridized carbons (Fsp3) is 0.455. The molecule has 0 atom stereocenters. The van der Waals surface area contributed by atoms with Gasteiger partial charge in [-0.1, -0.05) is 6.92 Å². The summed E-state index contributed by atoms with van der Waals surface area (Å²) in [5.41, 5.74) is 0.0233. The van der Waals surface area contributed by atoms with E-state index < -0.39 is 5.97 Å². The zero-order chi connectivity index (χ0) is 13.5. The highest BCUT2D eigenvalue weighted by atomic mass is 16.4. The highest BCUT2D eigenvalue weighted by Crippen LogP contribution is 2.07. The molecule has 0 fully saturated rings. The summed E-state index contributed by atoms with van der Waals surface area (Å²) in [5, 5.41) is 11.3. The largest absolute Gasteiger partial charge is 0.478 e. The lowest BCUT2D eigenvalue weighted by Gasteiger charge is -2.20. The quantitative estimate of drug-likeness (QED) is 0.747. The molecule has 7 heteroatoms. The van der Waals surface area contributed by atoms with Gasteiger partial charge in [0.1, 0.15) is 0 Å². The summed E-state index contributed by atoms with van der Waals surface area (Å²) in [5.74, 6) is -0.866.